The third-order valence-electron chi connectivity index (χ3n) is 3.15. The van der Waals surface area contributed by atoms with Crippen molar-refractivity contribution in [1.82, 2.24) is 29.7 Å². The second-order valence-corrected chi connectivity index (χ2v) is 4.66. The van der Waals surface area contributed by atoms with Crippen LogP contribution >= 0.6 is 0 Å². The predicted molar refractivity (Wildman–Crippen MR) is 74.8 cm³/mol. The van der Waals surface area contributed by atoms with E-state index < -0.39 is 0 Å². The molecule has 21 heavy (non-hydrogen) atoms. The van der Waals surface area contributed by atoms with Crippen molar-refractivity contribution in [2.45, 2.75) is 18.9 Å². The summed E-state index contributed by atoms with van der Waals surface area (Å²) < 4.78 is 6.62. The number of hydrogen-bond acceptors (Lipinski definition) is 9. The van der Waals surface area contributed by atoms with Crippen LogP contribution in [0.25, 0.3) is 5.95 Å². The van der Waals surface area contributed by atoms with Crippen molar-refractivity contribution in [3.8, 4) is 5.95 Å². The van der Waals surface area contributed by atoms with Gasteiger partial charge in [-0.25, -0.2) is 10.8 Å². The smallest absolute Gasteiger partial charge is 0.258 e. The molecule has 112 valence electrons. The van der Waals surface area contributed by atoms with Crippen LogP contribution in [0.4, 0.5) is 11.9 Å². The van der Waals surface area contributed by atoms with E-state index in [1.54, 1.807) is 7.11 Å². The van der Waals surface area contributed by atoms with Crippen molar-refractivity contribution in [1.29, 1.82) is 0 Å². The van der Waals surface area contributed by atoms with Gasteiger partial charge in [0.25, 0.3) is 5.95 Å². The summed E-state index contributed by atoms with van der Waals surface area (Å²) in [5, 5.41) is 4.03. The molecule has 3 N–H and O–H groups in total. The van der Waals surface area contributed by atoms with Gasteiger partial charge in [-0.1, -0.05) is 0 Å². The molecule has 1 saturated carbocycles. The fourth-order valence-corrected chi connectivity index (χ4v) is 1.98. The van der Waals surface area contributed by atoms with Crippen LogP contribution in [-0.2, 0) is 4.74 Å². The molecule has 0 spiro atoms. The number of nitrogens with zero attached hydrogens (tertiary/aromatic N) is 7. The fourth-order valence-electron chi connectivity index (χ4n) is 1.98. The highest BCUT2D eigenvalue weighted by Gasteiger charge is 2.31. The first-order valence-electron chi connectivity index (χ1n) is 6.65. The number of aromatic nitrogens is 6. The van der Waals surface area contributed by atoms with Gasteiger partial charge in [0.1, 0.15) is 12.7 Å². The van der Waals surface area contributed by atoms with Gasteiger partial charge in [-0.2, -0.15) is 24.7 Å². The molecule has 3 rings (SSSR count). The maximum atomic E-state index is 5.44. The minimum absolute atomic E-state index is 0.286. The zero-order valence-electron chi connectivity index (χ0n) is 11.7. The van der Waals surface area contributed by atoms with Crippen LogP contribution in [-0.4, -0.2) is 56.0 Å². The van der Waals surface area contributed by atoms with Crippen LogP contribution in [0.1, 0.15) is 12.8 Å². The van der Waals surface area contributed by atoms with Crippen LogP contribution in [0.2, 0.25) is 0 Å². The number of hydrogen-bond donors (Lipinski definition) is 2. The number of hydrazine groups is 1. The highest BCUT2D eigenvalue weighted by molar-refractivity contribution is 5.41. The molecule has 1 aliphatic rings. The minimum Gasteiger partial charge on any atom is -0.383 e. The molecule has 2 aromatic heterocycles. The van der Waals surface area contributed by atoms with Gasteiger partial charge in [-0.15, -0.1) is 0 Å². The fraction of sp³-hybridized carbons (Fsp3) is 0.545. The molecule has 10 nitrogen and oxygen atoms in total. The Hall–Kier alpha value is -2.33. The quantitative estimate of drug-likeness (QED) is 0.506. The minimum atomic E-state index is 0.286. The van der Waals surface area contributed by atoms with Gasteiger partial charge in [-0.3, -0.25) is 5.43 Å². The molecule has 0 atom stereocenters. The van der Waals surface area contributed by atoms with E-state index in [0.29, 0.717) is 31.1 Å². The molecule has 0 amide bonds. The zero-order chi connectivity index (χ0) is 14.7. The molecular weight excluding hydrogens is 274 g/mol. The normalized spacial score (nSPS) is 14.2. The van der Waals surface area contributed by atoms with E-state index in [1.165, 1.54) is 17.3 Å². The van der Waals surface area contributed by atoms with Crippen molar-refractivity contribution in [3.05, 3.63) is 12.7 Å². The van der Waals surface area contributed by atoms with Crippen molar-refractivity contribution >= 4 is 11.9 Å². The molecule has 2 heterocycles. The van der Waals surface area contributed by atoms with Gasteiger partial charge in [0.2, 0.25) is 11.9 Å². The molecule has 0 aliphatic heterocycles. The maximum absolute atomic E-state index is 5.44. The lowest BCUT2D eigenvalue weighted by molar-refractivity contribution is 0.204. The monoisotopic (exact) mass is 291 g/mol. The summed E-state index contributed by atoms with van der Waals surface area (Å²) >= 11 is 0. The Balaban J connectivity index is 1.94. The SMILES string of the molecule is COCCN(c1nc(NN)nc(-n2cncn2)n1)C1CC1. The molecule has 0 aromatic carbocycles. The van der Waals surface area contributed by atoms with Crippen molar-refractivity contribution in [3.63, 3.8) is 0 Å². The molecule has 2 aromatic rings. The highest BCUT2D eigenvalue weighted by atomic mass is 16.5. The predicted octanol–water partition coefficient (Wildman–Crippen LogP) is -0.647. The number of nitrogen functional groups attached to an aromatic ring is 1. The summed E-state index contributed by atoms with van der Waals surface area (Å²) in [6, 6.07) is 0.441. The molecular formula is C11H17N9O. The standard InChI is InChI=1S/C11H17N9O/c1-21-5-4-19(8-2-3-8)10-15-9(18-12)16-11(17-10)20-7-13-6-14-20/h6-8H,2-5,12H2,1H3,(H,15,16,17,18). The first-order chi connectivity index (χ1) is 10.3. The Morgan fingerprint density at radius 1 is 1.43 bits per heavy atom. The Kier molecular flexibility index (Phi) is 3.88. The summed E-state index contributed by atoms with van der Waals surface area (Å²) in [4.78, 5) is 19.0. The van der Waals surface area contributed by atoms with Gasteiger partial charge >= 0.3 is 0 Å². The summed E-state index contributed by atoms with van der Waals surface area (Å²) in [5.74, 6) is 6.65. The molecule has 0 radical (unpaired) electrons. The second kappa shape index (κ2) is 5.97. The van der Waals surface area contributed by atoms with E-state index >= 15 is 0 Å². The number of ether oxygens (including phenoxy) is 1. The van der Waals surface area contributed by atoms with E-state index in [1.807, 2.05) is 0 Å². The van der Waals surface area contributed by atoms with E-state index in [0.717, 1.165) is 12.8 Å². The van der Waals surface area contributed by atoms with Crippen molar-refractivity contribution in [2.75, 3.05) is 30.6 Å². The number of rotatable bonds is 7. The van der Waals surface area contributed by atoms with Crippen LogP contribution in [0.3, 0.4) is 0 Å². The van der Waals surface area contributed by atoms with E-state index in [-0.39, 0.29) is 5.95 Å². The van der Waals surface area contributed by atoms with Gasteiger partial charge in [-0.05, 0) is 12.8 Å². The van der Waals surface area contributed by atoms with Crippen molar-refractivity contribution in [2.24, 2.45) is 5.84 Å². The number of nitrogens with one attached hydrogen (secondary N) is 1. The Labute approximate surface area is 121 Å². The molecule has 0 bridgehead atoms. The summed E-state index contributed by atoms with van der Waals surface area (Å²) in [6.07, 6.45) is 5.19. The van der Waals surface area contributed by atoms with Crippen LogP contribution in [0.5, 0.6) is 0 Å². The number of methoxy groups -OCH3 is 1. The highest BCUT2D eigenvalue weighted by Crippen LogP contribution is 2.30. The average Bonchev–Trinajstić information content (AvgIpc) is 3.20. The molecule has 10 heteroatoms. The van der Waals surface area contributed by atoms with Crippen LogP contribution < -0.4 is 16.2 Å². The largest absolute Gasteiger partial charge is 0.383 e. The van der Waals surface area contributed by atoms with E-state index in [2.05, 4.69) is 35.4 Å². The Bertz CT molecular complexity index is 583. The van der Waals surface area contributed by atoms with Gasteiger partial charge < -0.3 is 9.64 Å². The van der Waals surface area contributed by atoms with Gasteiger partial charge in [0.15, 0.2) is 0 Å². The van der Waals surface area contributed by atoms with Gasteiger partial charge in [0.05, 0.1) is 6.61 Å². The third-order valence-corrected chi connectivity index (χ3v) is 3.15. The van der Waals surface area contributed by atoms with E-state index in [4.69, 9.17) is 10.6 Å². The Morgan fingerprint density at radius 2 is 2.29 bits per heavy atom. The lowest BCUT2D eigenvalue weighted by Crippen LogP contribution is -2.32. The average molecular weight is 291 g/mol. The topological polar surface area (TPSA) is 120 Å². The van der Waals surface area contributed by atoms with Crippen LogP contribution in [0, 0.1) is 0 Å². The molecule has 1 aliphatic carbocycles. The summed E-state index contributed by atoms with van der Waals surface area (Å²) in [7, 11) is 1.67. The first-order valence-corrected chi connectivity index (χ1v) is 6.65. The lowest BCUT2D eigenvalue weighted by Gasteiger charge is -2.22. The van der Waals surface area contributed by atoms with Gasteiger partial charge in [0, 0.05) is 19.7 Å². The molecule has 0 unspecified atom stereocenters. The third kappa shape index (κ3) is 3.06. The molecule has 1 fully saturated rings. The number of anilines is 2. The maximum Gasteiger partial charge on any atom is 0.258 e. The first kappa shape index (κ1) is 13.6. The van der Waals surface area contributed by atoms with Crippen molar-refractivity contribution < 1.29 is 4.74 Å². The summed E-state index contributed by atoms with van der Waals surface area (Å²) in [6.45, 7) is 1.32. The number of nitrogens with two attached hydrogens (primary N) is 1. The van der Waals surface area contributed by atoms with Crippen LogP contribution in [0.15, 0.2) is 12.7 Å². The molecule has 0 saturated heterocycles. The second-order valence-electron chi connectivity index (χ2n) is 4.66. The Morgan fingerprint density at radius 3 is 2.90 bits per heavy atom. The van der Waals surface area contributed by atoms with E-state index in [9.17, 15) is 0 Å². The summed E-state index contributed by atoms with van der Waals surface area (Å²) in [5.41, 5.74) is 2.46. The zero-order valence-corrected chi connectivity index (χ0v) is 11.7. The lowest BCUT2D eigenvalue weighted by atomic mass is 10.5.